The van der Waals surface area contributed by atoms with Crippen LogP contribution in [0.25, 0.3) is 21.7 Å². The number of benzene rings is 4. The van der Waals surface area contributed by atoms with Gasteiger partial charge in [-0.05, 0) is 110 Å². The maximum Gasteiger partial charge on any atom is 0.420 e. The molecule has 6 aromatic rings. The third-order valence-electron chi connectivity index (χ3n) is 13.1. The number of anilines is 3. The summed E-state index contributed by atoms with van der Waals surface area (Å²) in [7, 11) is 1.25. The van der Waals surface area contributed by atoms with E-state index in [0.29, 0.717) is 60.3 Å². The van der Waals surface area contributed by atoms with E-state index >= 15 is 4.39 Å². The number of amides is 4. The third kappa shape index (κ3) is 13.4. The van der Waals surface area contributed by atoms with Crippen LogP contribution in [0.4, 0.5) is 34.6 Å². The van der Waals surface area contributed by atoms with Crippen LogP contribution < -0.4 is 25.8 Å². The number of halogens is 4. The molecule has 400 valence electrons. The number of carbonyl (C=O) groups excluding carboxylic acids is 5. The molecule has 77 heavy (non-hydrogen) atoms. The predicted molar refractivity (Wildman–Crippen MR) is 292 cm³/mol. The average Bonchev–Trinajstić information content (AvgIpc) is 4.08. The van der Waals surface area contributed by atoms with Crippen molar-refractivity contribution in [3.63, 3.8) is 0 Å². The average molecular weight is 1090 g/mol. The molecular weight excluding hydrogens is 1030 g/mol. The van der Waals surface area contributed by atoms with Gasteiger partial charge in [-0.3, -0.25) is 24.2 Å². The molecule has 2 unspecified atom stereocenters. The van der Waals surface area contributed by atoms with Crippen LogP contribution in [-0.4, -0.2) is 81.1 Å². The quantitative estimate of drug-likeness (QED) is 0.0477. The molecular formula is C57H57F4N9O5S2. The van der Waals surface area contributed by atoms with Crippen LogP contribution in [-0.2, 0) is 49.5 Å². The number of nitrogens with one attached hydrogen (secondary N) is 3. The first-order valence-corrected chi connectivity index (χ1v) is 25.8. The van der Waals surface area contributed by atoms with E-state index in [-0.39, 0.29) is 47.3 Å². The molecule has 4 amide bonds. The summed E-state index contributed by atoms with van der Waals surface area (Å²) < 4.78 is 56.8. The van der Waals surface area contributed by atoms with Crippen LogP contribution in [0.2, 0.25) is 0 Å². The number of nitrogens with zero attached hydrogens (tertiary/aromatic N) is 6. The lowest BCUT2D eigenvalue weighted by Crippen LogP contribution is -2.57. The molecule has 0 saturated carbocycles. The first kappa shape index (κ1) is 56.8. The molecule has 7 rings (SSSR count). The minimum atomic E-state index is -5.16. The zero-order valence-corrected chi connectivity index (χ0v) is 45.1. The molecule has 0 bridgehead atoms. The van der Waals surface area contributed by atoms with Gasteiger partial charge < -0.3 is 35.4 Å². The van der Waals surface area contributed by atoms with Gasteiger partial charge in [-0.25, -0.2) is 9.37 Å². The molecule has 1 aliphatic rings. The molecule has 1 aliphatic heterocycles. The number of thiazole rings is 1. The number of aryl methyl sites for hydroxylation is 1. The second-order valence-electron chi connectivity index (χ2n) is 20.3. The monoisotopic (exact) mass is 1090 g/mol. The standard InChI is InChI=1S/C57H57F4N9O5S2/c1-34-50(77-33-65-34)39-16-14-37(15-17-39)30-64-52(74)45-9-8-26-69(45)53(75)51(55(2,3)4)67-47(73)28-36-12-10-35(11-13-36)27-46(72)66-41-21-18-38(19-22-41)43-24-23-42(31-63-43)70(56(5,6)32-71)54(76)68(7)44-25-20-40(29-62)48(49(44)58)57(59,60)61/h10-25,31-33,45,51H,8-9,26-28,30H2,1-7H3,(H,64,74)(H,66,72)(H,67,73). The van der Waals surface area contributed by atoms with E-state index in [2.05, 4.69) is 25.9 Å². The van der Waals surface area contributed by atoms with Gasteiger partial charge in [0, 0.05) is 31.4 Å². The SMILES string of the molecule is Cc1ncsc1-c1ccc(CNC(=O)C2CCCN2C(=O)C(NC(=O)Cc2ccc(CC(=O)Nc3ccc(-c4ccc(N(C(=S)N(C)c5ccc(C#N)c(C(F)(F)F)c5F)C(C)(C)C=O)cn4)cc3)cc2)C(C)(C)C)cc1. The number of hydrogen-bond donors (Lipinski definition) is 3. The second-order valence-corrected chi connectivity index (χ2v) is 21.5. The largest absolute Gasteiger partial charge is 0.420 e. The van der Waals surface area contributed by atoms with Gasteiger partial charge in [0.05, 0.1) is 69.4 Å². The van der Waals surface area contributed by atoms with E-state index < -0.39 is 51.8 Å². The van der Waals surface area contributed by atoms with Crippen LogP contribution in [0, 0.1) is 29.5 Å². The Kier molecular flexibility index (Phi) is 17.4. The summed E-state index contributed by atoms with van der Waals surface area (Å²) in [4.78, 5) is 80.4. The zero-order chi connectivity index (χ0) is 56.0. The smallest absolute Gasteiger partial charge is 0.350 e. The van der Waals surface area contributed by atoms with Crippen LogP contribution >= 0.6 is 23.6 Å². The van der Waals surface area contributed by atoms with Gasteiger partial charge in [0.2, 0.25) is 23.6 Å². The molecule has 2 atom stereocenters. The summed E-state index contributed by atoms with van der Waals surface area (Å²) in [5.41, 5.74) is 2.86. The molecule has 20 heteroatoms. The molecule has 0 aliphatic carbocycles. The Morgan fingerprint density at radius 3 is 2.05 bits per heavy atom. The number of likely N-dealkylation sites (tertiary alicyclic amines) is 1. The molecule has 2 aromatic heterocycles. The lowest BCUT2D eigenvalue weighted by Gasteiger charge is -2.39. The Bertz CT molecular complexity index is 3210. The zero-order valence-electron chi connectivity index (χ0n) is 43.4. The Labute approximate surface area is 453 Å². The fourth-order valence-electron chi connectivity index (χ4n) is 8.94. The van der Waals surface area contributed by atoms with Crippen LogP contribution in [0.15, 0.2) is 109 Å². The molecule has 0 spiro atoms. The predicted octanol–water partition coefficient (Wildman–Crippen LogP) is 9.98. The van der Waals surface area contributed by atoms with Crippen LogP contribution in [0.3, 0.4) is 0 Å². The molecule has 4 aromatic carbocycles. The molecule has 3 N–H and O–H groups in total. The highest BCUT2D eigenvalue weighted by Gasteiger charge is 2.43. The van der Waals surface area contributed by atoms with Gasteiger partial charge in [-0.2, -0.15) is 18.4 Å². The van der Waals surface area contributed by atoms with Gasteiger partial charge in [0.25, 0.3) is 0 Å². The molecule has 1 saturated heterocycles. The number of nitriles is 1. The summed E-state index contributed by atoms with van der Waals surface area (Å²) in [5, 5.41) is 17.8. The highest BCUT2D eigenvalue weighted by molar-refractivity contribution is 7.80. The Hall–Kier alpha value is -7.89. The van der Waals surface area contributed by atoms with E-state index in [1.165, 1.54) is 38.1 Å². The number of rotatable bonds is 16. The third-order valence-corrected chi connectivity index (χ3v) is 14.6. The highest BCUT2D eigenvalue weighted by Crippen LogP contribution is 2.39. The van der Waals surface area contributed by atoms with Gasteiger partial charge >= 0.3 is 6.18 Å². The summed E-state index contributed by atoms with van der Waals surface area (Å²) in [6.07, 6.45) is -1.98. The molecule has 1 fully saturated rings. The van der Waals surface area contributed by atoms with E-state index in [9.17, 15) is 42.4 Å². The van der Waals surface area contributed by atoms with E-state index in [1.807, 2.05) is 57.5 Å². The molecule has 3 heterocycles. The Morgan fingerprint density at radius 2 is 1.49 bits per heavy atom. The van der Waals surface area contributed by atoms with Crippen molar-refractivity contribution in [2.45, 2.75) is 97.6 Å². The van der Waals surface area contributed by atoms with Crippen molar-refractivity contribution in [1.82, 2.24) is 25.5 Å². The number of aromatic nitrogens is 2. The minimum absolute atomic E-state index is 0.0164. The van der Waals surface area contributed by atoms with Crippen molar-refractivity contribution in [2.75, 3.05) is 28.7 Å². The summed E-state index contributed by atoms with van der Waals surface area (Å²) in [6, 6.07) is 26.7. The minimum Gasteiger partial charge on any atom is -0.350 e. The van der Waals surface area contributed by atoms with Crippen molar-refractivity contribution < 1.29 is 41.5 Å². The van der Waals surface area contributed by atoms with E-state index in [1.54, 1.807) is 76.9 Å². The summed E-state index contributed by atoms with van der Waals surface area (Å²) in [5.74, 6) is -2.91. The fourth-order valence-corrected chi connectivity index (χ4v) is 10.2. The maximum absolute atomic E-state index is 15.4. The van der Waals surface area contributed by atoms with Gasteiger partial charge in [0.15, 0.2) is 10.9 Å². The Balaban J connectivity index is 0.913. The number of carbonyl (C=O) groups is 5. The second kappa shape index (κ2) is 23.6. The van der Waals surface area contributed by atoms with Crippen molar-refractivity contribution in [1.29, 1.82) is 5.26 Å². The first-order valence-electron chi connectivity index (χ1n) is 24.5. The molecule has 14 nitrogen and oxygen atoms in total. The lowest BCUT2D eigenvalue weighted by molar-refractivity contribution is -0.143. The summed E-state index contributed by atoms with van der Waals surface area (Å²) >= 11 is 7.20. The number of thiocarbonyl (C=S) groups is 1. The van der Waals surface area contributed by atoms with E-state index in [0.717, 1.165) is 38.7 Å². The normalized spacial score (nSPS) is 14.0. The topological polar surface area (TPSA) is 181 Å². The maximum atomic E-state index is 15.4. The number of aldehydes is 1. The van der Waals surface area contributed by atoms with E-state index in [4.69, 9.17) is 12.2 Å². The van der Waals surface area contributed by atoms with Crippen molar-refractivity contribution in [3.05, 3.63) is 148 Å². The van der Waals surface area contributed by atoms with Crippen LogP contribution in [0.1, 0.15) is 81.0 Å². The summed E-state index contributed by atoms with van der Waals surface area (Å²) in [6.45, 7) is 11.3. The first-order chi connectivity index (χ1) is 36.4. The number of pyridine rings is 1. The van der Waals surface area contributed by atoms with Gasteiger partial charge in [0.1, 0.15) is 23.9 Å². The van der Waals surface area contributed by atoms with Crippen LogP contribution in [0.5, 0.6) is 0 Å². The Morgan fingerprint density at radius 1 is 0.870 bits per heavy atom. The molecule has 0 radical (unpaired) electrons. The van der Waals surface area contributed by atoms with Gasteiger partial charge in [-0.1, -0.05) is 81.4 Å². The number of hydrogen-bond acceptors (Lipinski definition) is 10. The highest BCUT2D eigenvalue weighted by atomic mass is 32.1. The lowest BCUT2D eigenvalue weighted by atomic mass is 9.85. The van der Waals surface area contributed by atoms with Gasteiger partial charge in [-0.15, -0.1) is 11.3 Å². The van der Waals surface area contributed by atoms with Crippen molar-refractivity contribution in [2.24, 2.45) is 5.41 Å². The fraction of sp³-hybridized carbons (Fsp3) is 0.316. The number of alkyl halides is 3. The van der Waals surface area contributed by atoms with Crippen molar-refractivity contribution >= 4 is 75.6 Å². The van der Waals surface area contributed by atoms with Crippen molar-refractivity contribution in [3.8, 4) is 27.8 Å².